The van der Waals surface area contributed by atoms with Gasteiger partial charge < -0.3 is 0 Å². The molecule has 0 radical (unpaired) electrons. The van der Waals surface area contributed by atoms with Crippen LogP contribution in [0.3, 0.4) is 0 Å². The van der Waals surface area contributed by atoms with E-state index in [9.17, 15) is 4.39 Å². The lowest BCUT2D eigenvalue weighted by atomic mass is 10.1. The Morgan fingerprint density at radius 2 is 1.86 bits per heavy atom. The summed E-state index contributed by atoms with van der Waals surface area (Å²) in [6.07, 6.45) is 4.53. The maximum Gasteiger partial charge on any atom is 0.123 e. The molecule has 0 aromatic heterocycles. The molecule has 78 valence electrons. The van der Waals surface area contributed by atoms with E-state index in [-0.39, 0.29) is 11.2 Å². The molecule has 0 nitrogen and oxygen atoms in total. The van der Waals surface area contributed by atoms with Crippen LogP contribution < -0.4 is 0 Å². The van der Waals surface area contributed by atoms with Crippen molar-refractivity contribution >= 4 is 11.6 Å². The van der Waals surface area contributed by atoms with Crippen LogP contribution >= 0.6 is 11.6 Å². The molecule has 0 amide bonds. The molecule has 0 heterocycles. The minimum Gasteiger partial charge on any atom is -0.207 e. The van der Waals surface area contributed by atoms with Gasteiger partial charge in [-0.05, 0) is 24.1 Å². The number of unbranched alkanes of at least 4 members (excludes halogenated alkanes) is 2. The summed E-state index contributed by atoms with van der Waals surface area (Å²) in [6.45, 7) is 2.17. The van der Waals surface area contributed by atoms with Gasteiger partial charge in [0.2, 0.25) is 0 Å². The van der Waals surface area contributed by atoms with Crippen LogP contribution in [0.4, 0.5) is 4.39 Å². The van der Waals surface area contributed by atoms with Crippen LogP contribution in [0.1, 0.15) is 43.5 Å². The summed E-state index contributed by atoms with van der Waals surface area (Å²) >= 11 is 6.17. The molecule has 0 spiro atoms. The van der Waals surface area contributed by atoms with E-state index in [1.54, 1.807) is 12.1 Å². The molecule has 0 fully saturated rings. The van der Waals surface area contributed by atoms with Gasteiger partial charge in [-0.3, -0.25) is 0 Å². The van der Waals surface area contributed by atoms with Gasteiger partial charge >= 0.3 is 0 Å². The first-order valence-corrected chi connectivity index (χ1v) is 5.57. The minimum absolute atomic E-state index is 0.0298. The number of rotatable bonds is 5. The number of hydrogen-bond acceptors (Lipinski definition) is 0. The Morgan fingerprint density at radius 3 is 2.43 bits per heavy atom. The molecule has 0 N–H and O–H groups in total. The van der Waals surface area contributed by atoms with Crippen LogP contribution in [0.25, 0.3) is 0 Å². The zero-order valence-electron chi connectivity index (χ0n) is 8.47. The zero-order chi connectivity index (χ0) is 10.4. The SMILES string of the molecule is CCCCCC(Cl)c1ccc(F)cc1. The van der Waals surface area contributed by atoms with E-state index in [0.29, 0.717) is 0 Å². The van der Waals surface area contributed by atoms with Gasteiger partial charge in [0.1, 0.15) is 5.82 Å². The highest BCUT2D eigenvalue weighted by atomic mass is 35.5. The molecule has 0 bridgehead atoms. The van der Waals surface area contributed by atoms with E-state index >= 15 is 0 Å². The quantitative estimate of drug-likeness (QED) is 0.493. The van der Waals surface area contributed by atoms with Crippen molar-refractivity contribution in [3.8, 4) is 0 Å². The smallest absolute Gasteiger partial charge is 0.123 e. The largest absolute Gasteiger partial charge is 0.207 e. The number of alkyl halides is 1. The van der Waals surface area contributed by atoms with Crippen LogP contribution in [0.15, 0.2) is 24.3 Å². The Bertz CT molecular complexity index is 256. The third-order valence-electron chi connectivity index (χ3n) is 2.29. The van der Waals surface area contributed by atoms with Crippen molar-refractivity contribution in [3.05, 3.63) is 35.6 Å². The molecule has 14 heavy (non-hydrogen) atoms. The molecule has 1 unspecified atom stereocenters. The lowest BCUT2D eigenvalue weighted by Crippen LogP contribution is -1.90. The second-order valence-electron chi connectivity index (χ2n) is 3.51. The second-order valence-corrected chi connectivity index (χ2v) is 4.04. The molecule has 2 heteroatoms. The van der Waals surface area contributed by atoms with Gasteiger partial charge in [-0.15, -0.1) is 11.6 Å². The molecule has 0 saturated carbocycles. The summed E-state index contributed by atoms with van der Waals surface area (Å²) in [4.78, 5) is 0. The lowest BCUT2D eigenvalue weighted by molar-refractivity contribution is 0.624. The first-order valence-electron chi connectivity index (χ1n) is 5.13. The first kappa shape index (κ1) is 11.5. The van der Waals surface area contributed by atoms with Crippen molar-refractivity contribution in [1.82, 2.24) is 0 Å². The van der Waals surface area contributed by atoms with Crippen molar-refractivity contribution < 1.29 is 4.39 Å². The Labute approximate surface area is 90.1 Å². The summed E-state index contributed by atoms with van der Waals surface area (Å²) in [6, 6.07) is 6.45. The van der Waals surface area contributed by atoms with Crippen molar-refractivity contribution in [2.75, 3.05) is 0 Å². The standard InChI is InChI=1S/C12H16ClF/c1-2-3-4-5-12(13)10-6-8-11(14)9-7-10/h6-9,12H,2-5H2,1H3. The second kappa shape index (κ2) is 6.02. The van der Waals surface area contributed by atoms with Gasteiger partial charge in [-0.2, -0.15) is 0 Å². The van der Waals surface area contributed by atoms with E-state index in [0.717, 1.165) is 18.4 Å². The van der Waals surface area contributed by atoms with Crippen LogP contribution in [0, 0.1) is 5.82 Å². The van der Waals surface area contributed by atoms with Gasteiger partial charge in [0, 0.05) is 0 Å². The fourth-order valence-electron chi connectivity index (χ4n) is 1.41. The molecule has 1 rings (SSSR count). The average molecular weight is 215 g/mol. The topological polar surface area (TPSA) is 0 Å². The molecule has 0 aliphatic heterocycles. The van der Waals surface area contributed by atoms with Crippen LogP contribution in [0.5, 0.6) is 0 Å². The van der Waals surface area contributed by atoms with Gasteiger partial charge in [0.15, 0.2) is 0 Å². The first-order chi connectivity index (χ1) is 6.74. The Morgan fingerprint density at radius 1 is 1.21 bits per heavy atom. The third-order valence-corrected chi connectivity index (χ3v) is 2.76. The van der Waals surface area contributed by atoms with E-state index in [4.69, 9.17) is 11.6 Å². The van der Waals surface area contributed by atoms with Gasteiger partial charge in [-0.25, -0.2) is 4.39 Å². The molecule has 1 aromatic carbocycles. The Kier molecular flexibility index (Phi) is 4.95. The highest BCUT2D eigenvalue weighted by molar-refractivity contribution is 6.20. The van der Waals surface area contributed by atoms with E-state index in [1.165, 1.54) is 25.0 Å². The van der Waals surface area contributed by atoms with Crippen LogP contribution in [0.2, 0.25) is 0 Å². The number of benzene rings is 1. The highest BCUT2D eigenvalue weighted by Gasteiger charge is 2.06. The summed E-state index contributed by atoms with van der Waals surface area (Å²) < 4.78 is 12.6. The predicted molar refractivity (Wildman–Crippen MR) is 59.1 cm³/mol. The Balaban J connectivity index is 2.43. The van der Waals surface area contributed by atoms with Crippen molar-refractivity contribution in [2.24, 2.45) is 0 Å². The molecule has 0 aliphatic rings. The molecule has 1 aromatic rings. The minimum atomic E-state index is -0.203. The number of hydrogen-bond donors (Lipinski definition) is 0. The fourth-order valence-corrected chi connectivity index (χ4v) is 1.71. The molecule has 0 saturated heterocycles. The third kappa shape index (κ3) is 3.67. The zero-order valence-corrected chi connectivity index (χ0v) is 9.23. The monoisotopic (exact) mass is 214 g/mol. The molecular weight excluding hydrogens is 199 g/mol. The normalized spacial score (nSPS) is 12.8. The van der Waals surface area contributed by atoms with E-state index in [1.807, 2.05) is 0 Å². The van der Waals surface area contributed by atoms with Crippen molar-refractivity contribution in [1.29, 1.82) is 0 Å². The summed E-state index contributed by atoms with van der Waals surface area (Å²) in [5, 5.41) is 0.0298. The average Bonchev–Trinajstić information content (AvgIpc) is 2.19. The summed E-state index contributed by atoms with van der Waals surface area (Å²) in [5.41, 5.74) is 1.02. The molecule has 0 aliphatic carbocycles. The highest BCUT2D eigenvalue weighted by Crippen LogP contribution is 2.26. The predicted octanol–water partition coefficient (Wildman–Crippen LogP) is 4.69. The van der Waals surface area contributed by atoms with Gasteiger partial charge in [0.25, 0.3) is 0 Å². The van der Waals surface area contributed by atoms with Crippen LogP contribution in [-0.4, -0.2) is 0 Å². The van der Waals surface area contributed by atoms with E-state index in [2.05, 4.69) is 6.92 Å². The maximum atomic E-state index is 12.6. The van der Waals surface area contributed by atoms with Crippen molar-refractivity contribution in [3.63, 3.8) is 0 Å². The number of halogens is 2. The molecule has 1 atom stereocenters. The van der Waals surface area contributed by atoms with Gasteiger partial charge in [-0.1, -0.05) is 38.3 Å². The summed E-state index contributed by atoms with van der Waals surface area (Å²) in [7, 11) is 0. The lowest BCUT2D eigenvalue weighted by Gasteiger charge is -2.08. The molecular formula is C12H16ClF. The van der Waals surface area contributed by atoms with Crippen LogP contribution in [-0.2, 0) is 0 Å². The maximum absolute atomic E-state index is 12.6. The fraction of sp³-hybridized carbons (Fsp3) is 0.500. The van der Waals surface area contributed by atoms with Crippen molar-refractivity contribution in [2.45, 2.75) is 38.0 Å². The van der Waals surface area contributed by atoms with Gasteiger partial charge in [0.05, 0.1) is 5.38 Å². The van der Waals surface area contributed by atoms with E-state index < -0.39 is 0 Å². The summed E-state index contributed by atoms with van der Waals surface area (Å²) in [5.74, 6) is -0.203. The Hall–Kier alpha value is -0.560.